The molecule has 0 saturated heterocycles. The number of rotatable bonds is 2. The smallest absolute Gasteiger partial charge is 0.336 e. The summed E-state index contributed by atoms with van der Waals surface area (Å²) in [6.07, 6.45) is 0.606. The standard InChI is InChI=1S/C13H12N2O4/c1-19-8-3-2-7(13(17)18)9-6-4-5-14-12(16)10(6)15-11(8)9/h2-3,15H,4-5H2,1H3,(H,14,16)(H,17,18). The zero-order valence-corrected chi connectivity index (χ0v) is 10.2. The van der Waals surface area contributed by atoms with Crippen molar-refractivity contribution in [3.05, 3.63) is 29.0 Å². The van der Waals surface area contributed by atoms with Crippen molar-refractivity contribution < 1.29 is 19.4 Å². The number of carbonyl (C=O) groups excluding carboxylic acids is 1. The Hall–Kier alpha value is -2.50. The lowest BCUT2D eigenvalue weighted by Gasteiger charge is -2.12. The first-order valence-corrected chi connectivity index (χ1v) is 5.86. The Kier molecular flexibility index (Phi) is 2.45. The number of aromatic carboxylic acids is 1. The van der Waals surface area contributed by atoms with Gasteiger partial charge in [-0.25, -0.2) is 4.79 Å². The molecule has 0 spiro atoms. The highest BCUT2D eigenvalue weighted by Crippen LogP contribution is 2.34. The fourth-order valence-corrected chi connectivity index (χ4v) is 2.53. The fraction of sp³-hybridized carbons (Fsp3) is 0.231. The van der Waals surface area contributed by atoms with Crippen LogP contribution in [0.15, 0.2) is 12.1 Å². The number of H-pyrrole nitrogens is 1. The van der Waals surface area contributed by atoms with Crippen LogP contribution in [0.1, 0.15) is 26.4 Å². The first-order chi connectivity index (χ1) is 9.13. The summed E-state index contributed by atoms with van der Waals surface area (Å²) in [5.74, 6) is -0.696. The average molecular weight is 260 g/mol. The molecule has 1 amide bonds. The summed E-state index contributed by atoms with van der Waals surface area (Å²) in [4.78, 5) is 26.1. The maximum atomic E-state index is 11.8. The second kappa shape index (κ2) is 4.01. The highest BCUT2D eigenvalue weighted by molar-refractivity contribution is 6.11. The van der Waals surface area contributed by atoms with Gasteiger partial charge in [0.1, 0.15) is 11.4 Å². The van der Waals surface area contributed by atoms with E-state index in [0.717, 1.165) is 5.56 Å². The first-order valence-electron chi connectivity index (χ1n) is 5.86. The number of amides is 1. The van der Waals surface area contributed by atoms with E-state index in [9.17, 15) is 14.7 Å². The third-order valence-corrected chi connectivity index (χ3v) is 3.36. The predicted octanol–water partition coefficient (Wildman–Crippen LogP) is 1.16. The topological polar surface area (TPSA) is 91.4 Å². The van der Waals surface area contributed by atoms with E-state index in [1.807, 2.05) is 0 Å². The number of hydrogen-bond acceptors (Lipinski definition) is 3. The van der Waals surface area contributed by atoms with Gasteiger partial charge in [-0.2, -0.15) is 0 Å². The Labute approximate surface area is 108 Å². The third-order valence-electron chi connectivity index (χ3n) is 3.36. The van der Waals surface area contributed by atoms with Crippen LogP contribution in [-0.4, -0.2) is 35.6 Å². The van der Waals surface area contributed by atoms with Gasteiger partial charge in [-0.1, -0.05) is 0 Å². The molecule has 0 radical (unpaired) electrons. The quantitative estimate of drug-likeness (QED) is 0.755. The number of methoxy groups -OCH3 is 1. The molecule has 0 saturated carbocycles. The molecule has 3 N–H and O–H groups in total. The van der Waals surface area contributed by atoms with Gasteiger partial charge < -0.3 is 20.1 Å². The van der Waals surface area contributed by atoms with Crippen molar-refractivity contribution in [1.82, 2.24) is 10.3 Å². The van der Waals surface area contributed by atoms with Gasteiger partial charge in [0.25, 0.3) is 5.91 Å². The van der Waals surface area contributed by atoms with Gasteiger partial charge in [0.15, 0.2) is 0 Å². The van der Waals surface area contributed by atoms with Gasteiger partial charge in [0, 0.05) is 11.9 Å². The maximum Gasteiger partial charge on any atom is 0.336 e. The summed E-state index contributed by atoms with van der Waals surface area (Å²) >= 11 is 0. The number of carboxylic acids is 1. The van der Waals surface area contributed by atoms with Crippen molar-refractivity contribution in [1.29, 1.82) is 0 Å². The molecular formula is C13H12N2O4. The summed E-state index contributed by atoms with van der Waals surface area (Å²) in [6.45, 7) is 0.509. The average Bonchev–Trinajstić information content (AvgIpc) is 2.78. The van der Waals surface area contributed by atoms with E-state index in [1.165, 1.54) is 13.2 Å². The molecule has 2 aromatic rings. The van der Waals surface area contributed by atoms with Gasteiger partial charge in [0.2, 0.25) is 0 Å². The van der Waals surface area contributed by atoms with Gasteiger partial charge >= 0.3 is 5.97 Å². The normalized spacial score (nSPS) is 14.1. The summed E-state index contributed by atoms with van der Waals surface area (Å²) in [5.41, 5.74) is 1.91. The Morgan fingerprint density at radius 3 is 2.89 bits per heavy atom. The number of hydrogen-bond donors (Lipinski definition) is 3. The molecule has 1 aliphatic heterocycles. The molecular weight excluding hydrogens is 248 g/mol. The summed E-state index contributed by atoms with van der Waals surface area (Å²) in [6, 6.07) is 3.09. The lowest BCUT2D eigenvalue weighted by atomic mass is 10.00. The van der Waals surface area contributed by atoms with Crippen LogP contribution in [0, 0.1) is 0 Å². The van der Waals surface area contributed by atoms with E-state index in [-0.39, 0.29) is 11.5 Å². The van der Waals surface area contributed by atoms with Crippen molar-refractivity contribution in [3.63, 3.8) is 0 Å². The SMILES string of the molecule is COc1ccc(C(=O)O)c2c3c([nH]c12)C(=O)NCC3. The zero-order chi connectivity index (χ0) is 13.6. The highest BCUT2D eigenvalue weighted by atomic mass is 16.5. The molecule has 1 aromatic heterocycles. The van der Waals surface area contributed by atoms with E-state index in [1.54, 1.807) is 6.07 Å². The molecule has 98 valence electrons. The van der Waals surface area contributed by atoms with Crippen LogP contribution in [0.25, 0.3) is 10.9 Å². The number of ether oxygens (including phenoxy) is 1. The molecule has 0 unspecified atom stereocenters. The van der Waals surface area contributed by atoms with Crippen LogP contribution >= 0.6 is 0 Å². The lowest BCUT2D eigenvalue weighted by Crippen LogP contribution is -2.31. The number of carbonyl (C=O) groups is 2. The van der Waals surface area contributed by atoms with Crippen LogP contribution in [0.4, 0.5) is 0 Å². The number of aromatic amines is 1. The van der Waals surface area contributed by atoms with Crippen molar-refractivity contribution in [2.24, 2.45) is 0 Å². The number of aromatic nitrogens is 1. The Balaban J connectivity index is 2.42. The van der Waals surface area contributed by atoms with E-state index >= 15 is 0 Å². The van der Waals surface area contributed by atoms with Crippen molar-refractivity contribution >= 4 is 22.8 Å². The van der Waals surface area contributed by atoms with Crippen LogP contribution < -0.4 is 10.1 Å². The minimum Gasteiger partial charge on any atom is -0.495 e. The molecule has 0 fully saturated rings. The molecule has 2 heterocycles. The van der Waals surface area contributed by atoms with E-state index in [2.05, 4.69) is 10.3 Å². The highest BCUT2D eigenvalue weighted by Gasteiger charge is 2.26. The molecule has 1 aromatic carbocycles. The zero-order valence-electron chi connectivity index (χ0n) is 10.2. The number of benzene rings is 1. The Morgan fingerprint density at radius 1 is 1.42 bits per heavy atom. The van der Waals surface area contributed by atoms with E-state index < -0.39 is 5.97 Å². The Morgan fingerprint density at radius 2 is 2.21 bits per heavy atom. The van der Waals surface area contributed by atoms with Crippen LogP contribution in [-0.2, 0) is 6.42 Å². The molecule has 19 heavy (non-hydrogen) atoms. The molecule has 0 aliphatic carbocycles. The van der Waals surface area contributed by atoms with E-state index in [4.69, 9.17) is 4.74 Å². The van der Waals surface area contributed by atoms with Gasteiger partial charge in [-0.15, -0.1) is 0 Å². The molecule has 1 aliphatic rings. The van der Waals surface area contributed by atoms with Crippen molar-refractivity contribution in [2.45, 2.75) is 6.42 Å². The molecule has 6 heteroatoms. The summed E-state index contributed by atoms with van der Waals surface area (Å²) in [5, 5.41) is 12.6. The minimum atomic E-state index is -1.01. The number of fused-ring (bicyclic) bond motifs is 3. The Bertz CT molecular complexity index is 702. The van der Waals surface area contributed by atoms with Crippen molar-refractivity contribution in [2.75, 3.05) is 13.7 Å². The second-order valence-electron chi connectivity index (χ2n) is 4.35. The molecule has 3 rings (SSSR count). The third kappa shape index (κ3) is 1.56. The lowest BCUT2D eigenvalue weighted by molar-refractivity contribution is 0.0698. The van der Waals surface area contributed by atoms with Crippen LogP contribution in [0.5, 0.6) is 5.75 Å². The van der Waals surface area contributed by atoms with Gasteiger partial charge in [0.05, 0.1) is 18.2 Å². The number of nitrogens with one attached hydrogen (secondary N) is 2. The molecule has 6 nitrogen and oxygen atoms in total. The van der Waals surface area contributed by atoms with Gasteiger partial charge in [-0.3, -0.25) is 4.79 Å². The predicted molar refractivity (Wildman–Crippen MR) is 67.8 cm³/mol. The summed E-state index contributed by atoms with van der Waals surface area (Å²) in [7, 11) is 1.51. The summed E-state index contributed by atoms with van der Waals surface area (Å²) < 4.78 is 5.22. The minimum absolute atomic E-state index is 0.183. The number of carboxylic acid groups (broad SMARTS) is 1. The molecule has 0 bridgehead atoms. The maximum absolute atomic E-state index is 11.8. The first kappa shape index (κ1) is 11.6. The van der Waals surface area contributed by atoms with Crippen molar-refractivity contribution in [3.8, 4) is 5.75 Å². The largest absolute Gasteiger partial charge is 0.495 e. The van der Waals surface area contributed by atoms with Crippen LogP contribution in [0.2, 0.25) is 0 Å². The van der Waals surface area contributed by atoms with Gasteiger partial charge in [-0.05, 0) is 24.1 Å². The fourth-order valence-electron chi connectivity index (χ4n) is 2.53. The van der Waals surface area contributed by atoms with E-state index in [0.29, 0.717) is 35.3 Å². The second-order valence-corrected chi connectivity index (χ2v) is 4.35. The monoisotopic (exact) mass is 260 g/mol. The molecule has 0 atom stereocenters. The van der Waals surface area contributed by atoms with Crippen LogP contribution in [0.3, 0.4) is 0 Å².